The van der Waals surface area contributed by atoms with E-state index in [2.05, 4.69) is 31.9 Å². The first kappa shape index (κ1) is 12.8. The van der Waals surface area contributed by atoms with E-state index in [4.69, 9.17) is 10.5 Å². The van der Waals surface area contributed by atoms with E-state index in [9.17, 15) is 0 Å². The molecule has 0 heterocycles. The van der Waals surface area contributed by atoms with Crippen LogP contribution in [0.1, 0.15) is 20.3 Å². The van der Waals surface area contributed by atoms with Crippen molar-refractivity contribution >= 4 is 5.69 Å². The Kier molecular flexibility index (Phi) is 4.19. The summed E-state index contributed by atoms with van der Waals surface area (Å²) in [7, 11) is 3.73. The summed E-state index contributed by atoms with van der Waals surface area (Å²) < 4.78 is 5.20. The second kappa shape index (κ2) is 5.21. The lowest BCUT2D eigenvalue weighted by molar-refractivity contribution is 0.414. The lowest BCUT2D eigenvalue weighted by Crippen LogP contribution is -2.46. The van der Waals surface area contributed by atoms with Crippen LogP contribution < -0.4 is 15.4 Å². The Morgan fingerprint density at radius 3 is 2.69 bits per heavy atom. The molecule has 0 radical (unpaired) electrons. The summed E-state index contributed by atoms with van der Waals surface area (Å²) in [6.07, 6.45) is 0.960. The third-order valence-corrected chi connectivity index (χ3v) is 2.90. The zero-order valence-corrected chi connectivity index (χ0v) is 10.7. The Labute approximate surface area is 98.2 Å². The highest BCUT2D eigenvalue weighted by atomic mass is 16.5. The smallest absolute Gasteiger partial charge is 0.120 e. The molecule has 1 aromatic rings. The van der Waals surface area contributed by atoms with E-state index in [-0.39, 0.29) is 5.54 Å². The summed E-state index contributed by atoms with van der Waals surface area (Å²) in [5.74, 6) is 0.875. The van der Waals surface area contributed by atoms with Crippen molar-refractivity contribution in [3.8, 4) is 5.75 Å². The molecule has 1 aromatic carbocycles. The Balaban J connectivity index is 2.76. The summed E-state index contributed by atoms with van der Waals surface area (Å²) in [4.78, 5) is 2.16. The minimum atomic E-state index is -0.155. The van der Waals surface area contributed by atoms with Gasteiger partial charge in [0.2, 0.25) is 0 Å². The number of benzene rings is 1. The zero-order chi connectivity index (χ0) is 12.2. The molecule has 1 atom stereocenters. The second-order valence-corrected chi connectivity index (χ2v) is 4.57. The average Bonchev–Trinajstić information content (AvgIpc) is 2.28. The highest BCUT2D eigenvalue weighted by Crippen LogP contribution is 2.21. The van der Waals surface area contributed by atoms with Crippen LogP contribution in [0.3, 0.4) is 0 Å². The molecule has 0 aliphatic rings. The predicted octanol–water partition coefficient (Wildman–Crippen LogP) is 2.26. The summed E-state index contributed by atoms with van der Waals surface area (Å²) in [5.41, 5.74) is 7.13. The fourth-order valence-corrected chi connectivity index (χ4v) is 1.59. The topological polar surface area (TPSA) is 38.5 Å². The molecule has 0 aliphatic carbocycles. The number of nitrogens with two attached hydrogens (primary N) is 1. The molecule has 0 aromatic heterocycles. The fourth-order valence-electron chi connectivity index (χ4n) is 1.59. The highest BCUT2D eigenvalue weighted by molar-refractivity contribution is 5.50. The van der Waals surface area contributed by atoms with Crippen molar-refractivity contribution < 1.29 is 4.74 Å². The first-order valence-corrected chi connectivity index (χ1v) is 5.62. The first-order chi connectivity index (χ1) is 7.48. The molecule has 0 aliphatic heterocycles. The maximum absolute atomic E-state index is 6.15. The van der Waals surface area contributed by atoms with E-state index >= 15 is 0 Å². The van der Waals surface area contributed by atoms with Crippen molar-refractivity contribution in [1.29, 1.82) is 0 Å². The number of likely N-dealkylation sites (N-methyl/N-ethyl adjacent to an activating group) is 1. The number of rotatable bonds is 5. The van der Waals surface area contributed by atoms with Gasteiger partial charge in [0.15, 0.2) is 0 Å². The minimum Gasteiger partial charge on any atom is -0.497 e. The summed E-state index contributed by atoms with van der Waals surface area (Å²) in [5, 5.41) is 0. The molecule has 0 saturated carbocycles. The Hall–Kier alpha value is -1.22. The molecule has 0 bridgehead atoms. The molecular formula is C13H22N2O. The first-order valence-electron chi connectivity index (χ1n) is 5.62. The van der Waals surface area contributed by atoms with Gasteiger partial charge in [-0.25, -0.2) is 0 Å². The lowest BCUT2D eigenvalue weighted by atomic mass is 10.00. The van der Waals surface area contributed by atoms with Gasteiger partial charge in [-0.1, -0.05) is 13.0 Å². The van der Waals surface area contributed by atoms with E-state index < -0.39 is 0 Å². The van der Waals surface area contributed by atoms with Gasteiger partial charge in [0.1, 0.15) is 5.75 Å². The van der Waals surface area contributed by atoms with E-state index in [1.54, 1.807) is 7.11 Å². The molecule has 1 rings (SSSR count). The highest BCUT2D eigenvalue weighted by Gasteiger charge is 2.18. The minimum absolute atomic E-state index is 0.155. The van der Waals surface area contributed by atoms with Gasteiger partial charge in [0, 0.05) is 30.9 Å². The van der Waals surface area contributed by atoms with Gasteiger partial charge in [-0.2, -0.15) is 0 Å². The van der Waals surface area contributed by atoms with Gasteiger partial charge in [-0.3, -0.25) is 0 Å². The van der Waals surface area contributed by atoms with Gasteiger partial charge in [-0.15, -0.1) is 0 Å². The number of anilines is 1. The molecule has 0 fully saturated rings. The third kappa shape index (κ3) is 3.42. The van der Waals surface area contributed by atoms with Gasteiger partial charge < -0.3 is 15.4 Å². The van der Waals surface area contributed by atoms with Crippen LogP contribution in [-0.2, 0) is 0 Å². The van der Waals surface area contributed by atoms with Crippen molar-refractivity contribution in [2.45, 2.75) is 25.8 Å². The Morgan fingerprint density at radius 1 is 1.44 bits per heavy atom. The van der Waals surface area contributed by atoms with E-state index in [0.717, 1.165) is 24.4 Å². The van der Waals surface area contributed by atoms with Gasteiger partial charge >= 0.3 is 0 Å². The van der Waals surface area contributed by atoms with Crippen LogP contribution >= 0.6 is 0 Å². The molecule has 0 spiro atoms. The number of methoxy groups -OCH3 is 1. The lowest BCUT2D eigenvalue weighted by Gasteiger charge is -2.30. The van der Waals surface area contributed by atoms with Gasteiger partial charge in [0.05, 0.1) is 7.11 Å². The molecule has 0 amide bonds. The van der Waals surface area contributed by atoms with Crippen LogP contribution in [-0.4, -0.2) is 26.2 Å². The summed E-state index contributed by atoms with van der Waals surface area (Å²) in [6, 6.07) is 8.02. The third-order valence-electron chi connectivity index (χ3n) is 2.90. The zero-order valence-electron chi connectivity index (χ0n) is 10.7. The maximum atomic E-state index is 6.15. The molecule has 1 unspecified atom stereocenters. The Bertz CT molecular complexity index is 336. The van der Waals surface area contributed by atoms with Gasteiger partial charge in [-0.05, 0) is 25.5 Å². The van der Waals surface area contributed by atoms with Crippen LogP contribution in [0.2, 0.25) is 0 Å². The van der Waals surface area contributed by atoms with Crippen molar-refractivity contribution in [3.05, 3.63) is 24.3 Å². The van der Waals surface area contributed by atoms with E-state index in [0.29, 0.717) is 0 Å². The van der Waals surface area contributed by atoms with Crippen LogP contribution in [0, 0.1) is 0 Å². The quantitative estimate of drug-likeness (QED) is 0.830. The van der Waals surface area contributed by atoms with Crippen molar-refractivity contribution in [3.63, 3.8) is 0 Å². The molecule has 16 heavy (non-hydrogen) atoms. The average molecular weight is 222 g/mol. The molecule has 3 nitrogen and oxygen atoms in total. The number of hydrogen-bond donors (Lipinski definition) is 1. The number of ether oxygens (including phenoxy) is 1. The SMILES string of the molecule is CCC(C)(N)CN(C)c1cccc(OC)c1. The molecule has 3 heteroatoms. The molecule has 2 N–H and O–H groups in total. The van der Waals surface area contributed by atoms with Crippen molar-refractivity contribution in [2.75, 3.05) is 25.6 Å². The molecular weight excluding hydrogens is 200 g/mol. The maximum Gasteiger partial charge on any atom is 0.120 e. The fraction of sp³-hybridized carbons (Fsp3) is 0.538. The normalized spacial score (nSPS) is 14.3. The second-order valence-electron chi connectivity index (χ2n) is 4.57. The summed E-state index contributed by atoms with van der Waals surface area (Å²) in [6.45, 7) is 5.01. The largest absolute Gasteiger partial charge is 0.497 e. The van der Waals surface area contributed by atoms with Crippen LogP contribution in [0.15, 0.2) is 24.3 Å². The van der Waals surface area contributed by atoms with Crippen LogP contribution in [0.5, 0.6) is 5.75 Å². The predicted molar refractivity (Wildman–Crippen MR) is 69.1 cm³/mol. The molecule has 90 valence electrons. The number of hydrogen-bond acceptors (Lipinski definition) is 3. The van der Waals surface area contributed by atoms with Crippen molar-refractivity contribution in [2.24, 2.45) is 5.73 Å². The molecule has 0 saturated heterocycles. The van der Waals surface area contributed by atoms with E-state index in [1.807, 2.05) is 18.2 Å². The summed E-state index contributed by atoms with van der Waals surface area (Å²) >= 11 is 0. The monoisotopic (exact) mass is 222 g/mol. The van der Waals surface area contributed by atoms with Gasteiger partial charge in [0.25, 0.3) is 0 Å². The Morgan fingerprint density at radius 2 is 2.12 bits per heavy atom. The number of nitrogens with zero attached hydrogens (tertiary/aromatic N) is 1. The standard InChI is InChI=1S/C13H22N2O/c1-5-13(2,14)10-15(3)11-7-6-8-12(9-11)16-4/h6-9H,5,10,14H2,1-4H3. The van der Waals surface area contributed by atoms with E-state index in [1.165, 1.54) is 0 Å². The van der Waals surface area contributed by atoms with Crippen LogP contribution in [0.4, 0.5) is 5.69 Å². The van der Waals surface area contributed by atoms with Crippen LogP contribution in [0.25, 0.3) is 0 Å². The van der Waals surface area contributed by atoms with Crippen molar-refractivity contribution in [1.82, 2.24) is 0 Å².